The van der Waals surface area contributed by atoms with E-state index in [-0.39, 0.29) is 6.10 Å². The van der Waals surface area contributed by atoms with Gasteiger partial charge in [0.05, 0.1) is 6.10 Å². The van der Waals surface area contributed by atoms with Crippen LogP contribution in [0.1, 0.15) is 33.1 Å². The average molecular weight is 159 g/mol. The second-order valence-electron chi connectivity index (χ2n) is 3.30. The van der Waals surface area contributed by atoms with Crippen molar-refractivity contribution < 1.29 is 5.11 Å². The van der Waals surface area contributed by atoms with E-state index in [0.29, 0.717) is 5.92 Å². The lowest BCUT2D eigenvalue weighted by Gasteiger charge is -2.12. The number of nitrogens with one attached hydrogen (secondary N) is 1. The van der Waals surface area contributed by atoms with Gasteiger partial charge in [0, 0.05) is 0 Å². The molecule has 0 fully saturated rings. The fraction of sp³-hybridized carbons (Fsp3) is 1.00. The van der Waals surface area contributed by atoms with E-state index in [0.717, 1.165) is 25.8 Å². The first-order valence-corrected chi connectivity index (χ1v) is 4.53. The van der Waals surface area contributed by atoms with Gasteiger partial charge in [0.25, 0.3) is 0 Å². The molecule has 11 heavy (non-hydrogen) atoms. The van der Waals surface area contributed by atoms with E-state index in [1.165, 1.54) is 0 Å². The van der Waals surface area contributed by atoms with Crippen LogP contribution in [0, 0.1) is 5.92 Å². The van der Waals surface area contributed by atoms with Gasteiger partial charge in [-0.15, -0.1) is 0 Å². The monoisotopic (exact) mass is 159 g/mol. The van der Waals surface area contributed by atoms with Crippen molar-refractivity contribution in [1.82, 2.24) is 5.32 Å². The van der Waals surface area contributed by atoms with Crippen LogP contribution in [0.25, 0.3) is 0 Å². The van der Waals surface area contributed by atoms with E-state index in [2.05, 4.69) is 12.2 Å². The van der Waals surface area contributed by atoms with E-state index < -0.39 is 0 Å². The van der Waals surface area contributed by atoms with Crippen LogP contribution in [0.4, 0.5) is 0 Å². The van der Waals surface area contributed by atoms with Crippen LogP contribution in [0.15, 0.2) is 0 Å². The fourth-order valence-electron chi connectivity index (χ4n) is 1.13. The van der Waals surface area contributed by atoms with Crippen molar-refractivity contribution in [1.29, 1.82) is 0 Å². The lowest BCUT2D eigenvalue weighted by molar-refractivity contribution is 0.151. The highest BCUT2D eigenvalue weighted by molar-refractivity contribution is 4.59. The normalized spacial score (nSPS) is 16.4. The Labute approximate surface area is 70.0 Å². The largest absolute Gasteiger partial charge is 0.393 e. The summed E-state index contributed by atoms with van der Waals surface area (Å²) in [6.07, 6.45) is 2.86. The molecule has 0 aromatic heterocycles. The van der Waals surface area contributed by atoms with E-state index in [1.54, 1.807) is 0 Å². The number of hydrogen-bond donors (Lipinski definition) is 2. The molecule has 0 aromatic carbocycles. The Morgan fingerprint density at radius 2 is 2.00 bits per heavy atom. The van der Waals surface area contributed by atoms with Crippen molar-refractivity contribution in [2.45, 2.75) is 39.2 Å². The van der Waals surface area contributed by atoms with E-state index >= 15 is 0 Å². The molecule has 68 valence electrons. The van der Waals surface area contributed by atoms with Gasteiger partial charge in [0.1, 0.15) is 0 Å². The van der Waals surface area contributed by atoms with Gasteiger partial charge in [0.2, 0.25) is 0 Å². The summed E-state index contributed by atoms with van der Waals surface area (Å²) < 4.78 is 0. The van der Waals surface area contributed by atoms with Crippen LogP contribution in [-0.2, 0) is 0 Å². The number of aliphatic hydroxyl groups is 1. The molecule has 0 aliphatic heterocycles. The van der Waals surface area contributed by atoms with Crippen molar-refractivity contribution in [3.05, 3.63) is 0 Å². The van der Waals surface area contributed by atoms with E-state index in [9.17, 15) is 5.11 Å². The molecule has 0 heterocycles. The third kappa shape index (κ3) is 6.32. The molecular weight excluding hydrogens is 138 g/mol. The first kappa shape index (κ1) is 10.9. The van der Waals surface area contributed by atoms with Gasteiger partial charge in [-0.2, -0.15) is 0 Å². The predicted molar refractivity (Wildman–Crippen MR) is 48.6 cm³/mol. The topological polar surface area (TPSA) is 32.3 Å². The molecule has 2 atom stereocenters. The molecule has 0 amide bonds. The Hall–Kier alpha value is -0.0800. The number of rotatable bonds is 6. The lowest BCUT2D eigenvalue weighted by atomic mass is 10.0. The first-order valence-electron chi connectivity index (χ1n) is 4.53. The standard InChI is InChI=1S/C9H21NO/c1-4-9(11)6-5-8(2)7-10-3/h8-11H,4-7H2,1-3H3. The average Bonchev–Trinajstić information content (AvgIpc) is 2.01. The maximum atomic E-state index is 9.25. The summed E-state index contributed by atoms with van der Waals surface area (Å²) in [6.45, 7) is 5.28. The molecule has 2 heteroatoms. The minimum atomic E-state index is -0.0886. The summed E-state index contributed by atoms with van der Waals surface area (Å²) in [7, 11) is 1.97. The predicted octanol–water partition coefficient (Wildman–Crippen LogP) is 1.39. The number of aliphatic hydroxyl groups excluding tert-OH is 1. The van der Waals surface area contributed by atoms with Crippen LogP contribution in [0.3, 0.4) is 0 Å². The minimum absolute atomic E-state index is 0.0886. The molecule has 0 radical (unpaired) electrons. The Kier molecular flexibility index (Phi) is 6.57. The van der Waals surface area contributed by atoms with Gasteiger partial charge in [-0.3, -0.25) is 0 Å². The molecule has 2 unspecified atom stereocenters. The molecule has 0 aromatic rings. The third-order valence-electron chi connectivity index (χ3n) is 2.02. The van der Waals surface area contributed by atoms with Crippen LogP contribution < -0.4 is 5.32 Å². The smallest absolute Gasteiger partial charge is 0.0537 e. The molecule has 0 bridgehead atoms. The Morgan fingerprint density at radius 3 is 2.45 bits per heavy atom. The fourth-order valence-corrected chi connectivity index (χ4v) is 1.13. The zero-order chi connectivity index (χ0) is 8.69. The van der Waals surface area contributed by atoms with Crippen molar-refractivity contribution in [2.75, 3.05) is 13.6 Å². The third-order valence-corrected chi connectivity index (χ3v) is 2.02. The summed E-state index contributed by atoms with van der Waals surface area (Å²) in [5.41, 5.74) is 0. The van der Waals surface area contributed by atoms with Crippen molar-refractivity contribution >= 4 is 0 Å². The molecule has 0 saturated carbocycles. The molecule has 0 spiro atoms. The van der Waals surface area contributed by atoms with Gasteiger partial charge < -0.3 is 10.4 Å². The maximum absolute atomic E-state index is 9.25. The Bertz CT molecular complexity index is 85.6. The quantitative estimate of drug-likeness (QED) is 0.614. The highest BCUT2D eigenvalue weighted by Gasteiger charge is 2.04. The molecule has 2 N–H and O–H groups in total. The van der Waals surface area contributed by atoms with Crippen LogP contribution in [-0.4, -0.2) is 24.8 Å². The van der Waals surface area contributed by atoms with Crippen molar-refractivity contribution in [3.8, 4) is 0 Å². The van der Waals surface area contributed by atoms with Gasteiger partial charge in [-0.25, -0.2) is 0 Å². The van der Waals surface area contributed by atoms with Crippen LogP contribution in [0.5, 0.6) is 0 Å². The second-order valence-corrected chi connectivity index (χ2v) is 3.30. The molecule has 2 nitrogen and oxygen atoms in total. The molecule has 0 saturated heterocycles. The molecule has 0 aliphatic rings. The number of hydrogen-bond acceptors (Lipinski definition) is 2. The van der Waals surface area contributed by atoms with Gasteiger partial charge >= 0.3 is 0 Å². The molecule has 0 rings (SSSR count). The van der Waals surface area contributed by atoms with Gasteiger partial charge in [0.15, 0.2) is 0 Å². The Balaban J connectivity index is 3.22. The van der Waals surface area contributed by atoms with E-state index in [4.69, 9.17) is 0 Å². The molecular formula is C9H21NO. The highest BCUT2D eigenvalue weighted by Crippen LogP contribution is 2.08. The maximum Gasteiger partial charge on any atom is 0.0537 e. The zero-order valence-electron chi connectivity index (χ0n) is 7.93. The van der Waals surface area contributed by atoms with Crippen LogP contribution >= 0.6 is 0 Å². The Morgan fingerprint density at radius 1 is 1.36 bits per heavy atom. The second kappa shape index (κ2) is 6.62. The van der Waals surface area contributed by atoms with Crippen molar-refractivity contribution in [3.63, 3.8) is 0 Å². The van der Waals surface area contributed by atoms with Gasteiger partial charge in [-0.1, -0.05) is 13.8 Å². The van der Waals surface area contributed by atoms with Crippen LogP contribution in [0.2, 0.25) is 0 Å². The minimum Gasteiger partial charge on any atom is -0.393 e. The lowest BCUT2D eigenvalue weighted by Crippen LogP contribution is -2.17. The highest BCUT2D eigenvalue weighted by atomic mass is 16.3. The summed E-state index contributed by atoms with van der Waals surface area (Å²) >= 11 is 0. The molecule has 0 aliphatic carbocycles. The first-order chi connectivity index (χ1) is 5.20. The SMILES string of the molecule is CCC(O)CCC(C)CNC. The summed E-state index contributed by atoms with van der Waals surface area (Å²) in [4.78, 5) is 0. The summed E-state index contributed by atoms with van der Waals surface area (Å²) in [6, 6.07) is 0. The van der Waals surface area contributed by atoms with Gasteiger partial charge in [-0.05, 0) is 38.8 Å². The zero-order valence-corrected chi connectivity index (χ0v) is 7.93. The van der Waals surface area contributed by atoms with Crippen molar-refractivity contribution in [2.24, 2.45) is 5.92 Å². The summed E-state index contributed by atoms with van der Waals surface area (Å²) in [5.74, 6) is 0.682. The summed E-state index contributed by atoms with van der Waals surface area (Å²) in [5, 5.41) is 12.4. The van der Waals surface area contributed by atoms with E-state index in [1.807, 2.05) is 14.0 Å².